The SMILES string of the molecule is CCOC1CCC(O)CC1NCC(CO)CCCCCCCO. The highest BCUT2D eigenvalue weighted by Crippen LogP contribution is 2.22. The first kappa shape index (κ1) is 20.8. The molecule has 4 unspecified atom stereocenters. The zero-order chi connectivity index (χ0) is 16.9. The Morgan fingerprint density at radius 3 is 2.52 bits per heavy atom. The Bertz CT molecular complexity index is 278. The number of rotatable bonds is 13. The maximum atomic E-state index is 9.87. The van der Waals surface area contributed by atoms with Gasteiger partial charge in [-0.3, -0.25) is 0 Å². The fourth-order valence-electron chi connectivity index (χ4n) is 3.40. The van der Waals surface area contributed by atoms with E-state index in [4.69, 9.17) is 9.84 Å². The molecule has 23 heavy (non-hydrogen) atoms. The van der Waals surface area contributed by atoms with Gasteiger partial charge in [0.25, 0.3) is 0 Å². The van der Waals surface area contributed by atoms with E-state index < -0.39 is 0 Å². The number of hydrogen-bond acceptors (Lipinski definition) is 5. The molecule has 1 aliphatic rings. The third-order valence-electron chi connectivity index (χ3n) is 4.84. The van der Waals surface area contributed by atoms with Gasteiger partial charge in [0.2, 0.25) is 0 Å². The number of hydrogen-bond donors (Lipinski definition) is 4. The number of nitrogens with one attached hydrogen (secondary N) is 1. The molecule has 0 aromatic rings. The Hall–Kier alpha value is -0.200. The molecule has 1 aliphatic carbocycles. The molecule has 1 fully saturated rings. The lowest BCUT2D eigenvalue weighted by molar-refractivity contribution is -0.0228. The summed E-state index contributed by atoms with van der Waals surface area (Å²) in [6.07, 6.45) is 8.88. The van der Waals surface area contributed by atoms with Crippen LogP contribution < -0.4 is 5.32 Å². The van der Waals surface area contributed by atoms with E-state index in [9.17, 15) is 10.2 Å². The monoisotopic (exact) mass is 331 g/mol. The van der Waals surface area contributed by atoms with Gasteiger partial charge in [-0.25, -0.2) is 0 Å². The normalized spacial score (nSPS) is 26.3. The molecule has 5 heteroatoms. The van der Waals surface area contributed by atoms with Gasteiger partial charge in [0, 0.05) is 32.4 Å². The van der Waals surface area contributed by atoms with E-state index >= 15 is 0 Å². The maximum Gasteiger partial charge on any atom is 0.0729 e. The lowest BCUT2D eigenvalue weighted by atomic mass is 9.89. The smallest absolute Gasteiger partial charge is 0.0729 e. The molecule has 4 N–H and O–H groups in total. The summed E-state index contributed by atoms with van der Waals surface area (Å²) >= 11 is 0. The second-order valence-electron chi connectivity index (χ2n) is 6.80. The van der Waals surface area contributed by atoms with E-state index in [0.717, 1.165) is 57.9 Å². The van der Waals surface area contributed by atoms with Crippen molar-refractivity contribution in [3.8, 4) is 0 Å². The van der Waals surface area contributed by atoms with Gasteiger partial charge < -0.3 is 25.4 Å². The minimum Gasteiger partial charge on any atom is -0.396 e. The van der Waals surface area contributed by atoms with Crippen molar-refractivity contribution < 1.29 is 20.1 Å². The molecule has 5 nitrogen and oxygen atoms in total. The number of unbranched alkanes of at least 4 members (excludes halogenated alkanes) is 4. The summed E-state index contributed by atoms with van der Waals surface area (Å²) in [6, 6.07) is 0.192. The van der Waals surface area contributed by atoms with Crippen LogP contribution in [0.2, 0.25) is 0 Å². The molecule has 0 aromatic carbocycles. The van der Waals surface area contributed by atoms with Crippen molar-refractivity contribution in [2.75, 3.05) is 26.4 Å². The molecule has 0 heterocycles. The fraction of sp³-hybridized carbons (Fsp3) is 1.00. The van der Waals surface area contributed by atoms with Crippen LogP contribution in [0.25, 0.3) is 0 Å². The summed E-state index contributed by atoms with van der Waals surface area (Å²) < 4.78 is 5.79. The number of aliphatic hydroxyl groups excluding tert-OH is 3. The summed E-state index contributed by atoms with van der Waals surface area (Å²) in [4.78, 5) is 0. The molecular weight excluding hydrogens is 294 g/mol. The predicted octanol–water partition coefficient (Wildman–Crippen LogP) is 1.84. The van der Waals surface area contributed by atoms with Crippen LogP contribution in [0.3, 0.4) is 0 Å². The first-order chi connectivity index (χ1) is 11.2. The Morgan fingerprint density at radius 1 is 1.09 bits per heavy atom. The number of ether oxygens (including phenoxy) is 1. The van der Waals surface area contributed by atoms with E-state index in [1.807, 2.05) is 6.92 Å². The van der Waals surface area contributed by atoms with Gasteiger partial charge in [-0.05, 0) is 44.9 Å². The van der Waals surface area contributed by atoms with E-state index in [-0.39, 0.29) is 37.4 Å². The Kier molecular flexibility index (Phi) is 11.9. The van der Waals surface area contributed by atoms with Crippen molar-refractivity contribution in [1.82, 2.24) is 5.32 Å². The van der Waals surface area contributed by atoms with Crippen LogP contribution in [0.1, 0.15) is 64.7 Å². The van der Waals surface area contributed by atoms with Crippen molar-refractivity contribution in [3.05, 3.63) is 0 Å². The molecule has 4 atom stereocenters. The highest BCUT2D eigenvalue weighted by Gasteiger charge is 2.30. The lowest BCUT2D eigenvalue weighted by Crippen LogP contribution is -2.48. The molecule has 0 radical (unpaired) electrons. The second-order valence-corrected chi connectivity index (χ2v) is 6.80. The van der Waals surface area contributed by atoms with Gasteiger partial charge in [-0.2, -0.15) is 0 Å². The van der Waals surface area contributed by atoms with Crippen LogP contribution in [-0.4, -0.2) is 59.9 Å². The third kappa shape index (κ3) is 9.01. The summed E-state index contributed by atoms with van der Waals surface area (Å²) in [5.41, 5.74) is 0. The van der Waals surface area contributed by atoms with Crippen molar-refractivity contribution in [2.45, 2.75) is 83.0 Å². The fourth-order valence-corrected chi connectivity index (χ4v) is 3.40. The predicted molar refractivity (Wildman–Crippen MR) is 92.4 cm³/mol. The van der Waals surface area contributed by atoms with Crippen molar-refractivity contribution in [1.29, 1.82) is 0 Å². The molecule has 0 amide bonds. The molecule has 0 aliphatic heterocycles. The van der Waals surface area contributed by atoms with Crippen molar-refractivity contribution in [3.63, 3.8) is 0 Å². The second kappa shape index (κ2) is 13.1. The van der Waals surface area contributed by atoms with Gasteiger partial charge in [-0.15, -0.1) is 0 Å². The Balaban J connectivity index is 2.22. The summed E-state index contributed by atoms with van der Waals surface area (Å²) in [5, 5.41) is 31.7. The van der Waals surface area contributed by atoms with Crippen molar-refractivity contribution >= 4 is 0 Å². The standard InChI is InChI=1S/C18H37NO4/c1-2-23-18-10-9-16(22)12-17(18)19-13-15(14-21)8-6-4-3-5-7-11-20/h15-22H,2-14H2,1H3. The molecule has 0 bridgehead atoms. The average Bonchev–Trinajstić information content (AvgIpc) is 2.56. The van der Waals surface area contributed by atoms with Gasteiger partial charge in [0.1, 0.15) is 0 Å². The Morgan fingerprint density at radius 2 is 1.83 bits per heavy atom. The summed E-state index contributed by atoms with van der Waals surface area (Å²) in [5.74, 6) is 0.272. The maximum absolute atomic E-state index is 9.87. The topological polar surface area (TPSA) is 82.0 Å². The molecule has 1 saturated carbocycles. The molecule has 138 valence electrons. The zero-order valence-electron chi connectivity index (χ0n) is 14.8. The van der Waals surface area contributed by atoms with Gasteiger partial charge in [0.05, 0.1) is 12.2 Å². The van der Waals surface area contributed by atoms with Gasteiger partial charge in [-0.1, -0.05) is 25.7 Å². The molecule has 0 saturated heterocycles. The van der Waals surface area contributed by atoms with Gasteiger partial charge in [0.15, 0.2) is 0 Å². The van der Waals surface area contributed by atoms with Crippen LogP contribution in [0, 0.1) is 5.92 Å². The first-order valence-corrected chi connectivity index (χ1v) is 9.46. The lowest BCUT2D eigenvalue weighted by Gasteiger charge is -2.35. The van der Waals surface area contributed by atoms with Crippen LogP contribution in [0.15, 0.2) is 0 Å². The van der Waals surface area contributed by atoms with Crippen LogP contribution in [-0.2, 0) is 4.74 Å². The minimum absolute atomic E-state index is 0.182. The quantitative estimate of drug-likeness (QED) is 0.387. The van der Waals surface area contributed by atoms with Gasteiger partial charge >= 0.3 is 0 Å². The van der Waals surface area contributed by atoms with Crippen LogP contribution in [0.4, 0.5) is 0 Å². The summed E-state index contributed by atoms with van der Waals surface area (Å²) in [6.45, 7) is 4.00. The highest BCUT2D eigenvalue weighted by molar-refractivity contribution is 4.86. The van der Waals surface area contributed by atoms with E-state index in [2.05, 4.69) is 5.32 Å². The van der Waals surface area contributed by atoms with Crippen molar-refractivity contribution in [2.24, 2.45) is 5.92 Å². The largest absolute Gasteiger partial charge is 0.396 e. The van der Waals surface area contributed by atoms with Crippen LogP contribution in [0.5, 0.6) is 0 Å². The molecule has 0 spiro atoms. The average molecular weight is 331 g/mol. The summed E-state index contributed by atoms with van der Waals surface area (Å²) in [7, 11) is 0. The number of aliphatic hydroxyl groups is 3. The highest BCUT2D eigenvalue weighted by atomic mass is 16.5. The molecular formula is C18H37NO4. The van der Waals surface area contributed by atoms with E-state index in [1.165, 1.54) is 6.42 Å². The Labute approximate surface area is 141 Å². The molecule has 0 aromatic heterocycles. The zero-order valence-corrected chi connectivity index (χ0v) is 14.8. The van der Waals surface area contributed by atoms with Crippen LogP contribution >= 0.6 is 0 Å². The molecule has 1 rings (SSSR count). The minimum atomic E-state index is -0.233. The van der Waals surface area contributed by atoms with E-state index in [0.29, 0.717) is 6.61 Å². The van der Waals surface area contributed by atoms with E-state index in [1.54, 1.807) is 0 Å². The third-order valence-corrected chi connectivity index (χ3v) is 4.84. The first-order valence-electron chi connectivity index (χ1n) is 9.46.